The highest BCUT2D eigenvalue weighted by Gasteiger charge is 2.08. The van der Waals surface area contributed by atoms with Crippen molar-refractivity contribution in [1.29, 1.82) is 0 Å². The van der Waals surface area contributed by atoms with Gasteiger partial charge in [0.1, 0.15) is 5.15 Å². The summed E-state index contributed by atoms with van der Waals surface area (Å²) in [4.78, 5) is 23.7. The molecule has 0 amide bonds. The Balaban J connectivity index is 3.13. The van der Waals surface area contributed by atoms with E-state index >= 15 is 0 Å². The fourth-order valence-corrected chi connectivity index (χ4v) is 1.88. The Morgan fingerprint density at radius 2 is 1.59 bits per heavy atom. The normalized spacial score (nSPS) is 10.8. The van der Waals surface area contributed by atoms with Gasteiger partial charge < -0.3 is 0 Å². The number of aromatic nitrogens is 2. The standard InChI is InChI=1S/C12H19ClN2O2/c1-3-5-7-14-10(13)9-11(16)15(12(14)17)8-6-4-2/h9H,3-8H2,1-2H3. The molecule has 1 rings (SSSR count). The summed E-state index contributed by atoms with van der Waals surface area (Å²) >= 11 is 5.93. The van der Waals surface area contributed by atoms with E-state index in [0.717, 1.165) is 25.7 Å². The van der Waals surface area contributed by atoms with Gasteiger partial charge in [-0.05, 0) is 12.8 Å². The summed E-state index contributed by atoms with van der Waals surface area (Å²) in [5, 5.41) is 0.237. The quantitative estimate of drug-likeness (QED) is 0.735. The molecule has 0 bridgehead atoms. The maximum absolute atomic E-state index is 12.1. The third-order valence-corrected chi connectivity index (χ3v) is 3.01. The van der Waals surface area contributed by atoms with Gasteiger partial charge >= 0.3 is 5.69 Å². The van der Waals surface area contributed by atoms with E-state index in [0.29, 0.717) is 13.1 Å². The molecule has 0 saturated carbocycles. The molecule has 0 saturated heterocycles. The molecule has 1 aromatic rings. The Labute approximate surface area is 106 Å². The highest BCUT2D eigenvalue weighted by molar-refractivity contribution is 6.29. The lowest BCUT2D eigenvalue weighted by Crippen LogP contribution is -2.39. The van der Waals surface area contributed by atoms with E-state index in [4.69, 9.17) is 11.6 Å². The molecule has 0 fully saturated rings. The van der Waals surface area contributed by atoms with Gasteiger partial charge in [0.15, 0.2) is 0 Å². The van der Waals surface area contributed by atoms with Crippen LogP contribution in [0.5, 0.6) is 0 Å². The van der Waals surface area contributed by atoms with Crippen molar-refractivity contribution in [3.63, 3.8) is 0 Å². The molecule has 0 radical (unpaired) electrons. The van der Waals surface area contributed by atoms with E-state index in [1.54, 1.807) is 0 Å². The van der Waals surface area contributed by atoms with Crippen molar-refractivity contribution in [2.45, 2.75) is 52.6 Å². The van der Waals surface area contributed by atoms with Crippen LogP contribution in [0, 0.1) is 0 Å². The van der Waals surface area contributed by atoms with Gasteiger partial charge in [-0.15, -0.1) is 0 Å². The Hall–Kier alpha value is -1.03. The molecule has 0 aliphatic rings. The summed E-state index contributed by atoms with van der Waals surface area (Å²) < 4.78 is 2.74. The number of hydrogen-bond donors (Lipinski definition) is 0. The van der Waals surface area contributed by atoms with Crippen molar-refractivity contribution >= 4 is 11.6 Å². The molecular formula is C12H19ClN2O2. The molecule has 0 N–H and O–H groups in total. The zero-order valence-electron chi connectivity index (χ0n) is 10.4. The number of rotatable bonds is 6. The SMILES string of the molecule is CCCCn1c(Cl)cc(=O)n(CCCC)c1=O. The lowest BCUT2D eigenvalue weighted by molar-refractivity contribution is 0.517. The second kappa shape index (κ2) is 6.64. The first-order chi connectivity index (χ1) is 8.11. The minimum atomic E-state index is -0.304. The molecule has 4 nitrogen and oxygen atoms in total. The lowest BCUT2D eigenvalue weighted by atomic mass is 10.3. The Morgan fingerprint density at radius 3 is 2.12 bits per heavy atom. The summed E-state index contributed by atoms with van der Waals surface area (Å²) in [6.07, 6.45) is 3.64. The lowest BCUT2D eigenvalue weighted by Gasteiger charge is -2.11. The average molecular weight is 259 g/mol. The fourth-order valence-electron chi connectivity index (χ4n) is 1.63. The molecule has 0 spiro atoms. The van der Waals surface area contributed by atoms with Crippen molar-refractivity contribution in [1.82, 2.24) is 9.13 Å². The van der Waals surface area contributed by atoms with E-state index < -0.39 is 0 Å². The average Bonchev–Trinajstić information content (AvgIpc) is 2.28. The van der Waals surface area contributed by atoms with Crippen molar-refractivity contribution in [3.05, 3.63) is 32.1 Å². The molecule has 0 unspecified atom stereocenters. The van der Waals surface area contributed by atoms with Crippen molar-refractivity contribution < 1.29 is 0 Å². The zero-order chi connectivity index (χ0) is 12.8. The van der Waals surface area contributed by atoms with Crippen LogP contribution in [-0.4, -0.2) is 9.13 Å². The molecule has 0 aliphatic heterocycles. The molecule has 96 valence electrons. The highest BCUT2D eigenvalue weighted by Crippen LogP contribution is 2.04. The first kappa shape index (κ1) is 14.0. The molecule has 5 heteroatoms. The fraction of sp³-hybridized carbons (Fsp3) is 0.667. The van der Waals surface area contributed by atoms with Crippen LogP contribution >= 0.6 is 11.6 Å². The van der Waals surface area contributed by atoms with E-state index in [1.165, 1.54) is 15.2 Å². The summed E-state index contributed by atoms with van der Waals surface area (Å²) in [7, 11) is 0. The smallest absolute Gasteiger partial charge is 0.284 e. The van der Waals surface area contributed by atoms with Gasteiger partial charge in [-0.25, -0.2) is 4.79 Å². The zero-order valence-corrected chi connectivity index (χ0v) is 11.2. The van der Waals surface area contributed by atoms with E-state index in [2.05, 4.69) is 0 Å². The first-order valence-electron chi connectivity index (χ1n) is 6.12. The summed E-state index contributed by atoms with van der Waals surface area (Å²) in [6.45, 7) is 5.11. The largest absolute Gasteiger partial charge is 0.332 e. The predicted molar refractivity (Wildman–Crippen MR) is 69.8 cm³/mol. The topological polar surface area (TPSA) is 44.0 Å². The van der Waals surface area contributed by atoms with Crippen molar-refractivity contribution in [2.24, 2.45) is 0 Å². The minimum Gasteiger partial charge on any atom is -0.284 e. The number of nitrogens with zero attached hydrogens (tertiary/aromatic N) is 2. The van der Waals surface area contributed by atoms with E-state index in [1.807, 2.05) is 13.8 Å². The van der Waals surface area contributed by atoms with Gasteiger partial charge in [0.25, 0.3) is 5.56 Å². The molecule has 0 aromatic carbocycles. The number of unbranched alkanes of at least 4 members (excludes halogenated alkanes) is 2. The summed E-state index contributed by atoms with van der Waals surface area (Å²) in [5.74, 6) is 0. The molecule has 0 aliphatic carbocycles. The Kier molecular flexibility index (Phi) is 5.48. The monoisotopic (exact) mass is 258 g/mol. The van der Waals surface area contributed by atoms with Crippen LogP contribution in [0.25, 0.3) is 0 Å². The second-order valence-corrected chi connectivity index (χ2v) is 4.49. The highest BCUT2D eigenvalue weighted by atomic mass is 35.5. The summed E-state index contributed by atoms with van der Waals surface area (Å²) in [6, 6.07) is 1.33. The predicted octanol–water partition coefficient (Wildman–Crippen LogP) is 2.26. The van der Waals surface area contributed by atoms with Crippen LogP contribution in [0.1, 0.15) is 39.5 Å². The van der Waals surface area contributed by atoms with Crippen LogP contribution < -0.4 is 11.2 Å². The number of halogens is 1. The van der Waals surface area contributed by atoms with Crippen molar-refractivity contribution in [3.8, 4) is 0 Å². The van der Waals surface area contributed by atoms with Crippen LogP contribution in [0.3, 0.4) is 0 Å². The third-order valence-electron chi connectivity index (χ3n) is 2.70. The first-order valence-corrected chi connectivity index (χ1v) is 6.49. The van der Waals surface area contributed by atoms with Gasteiger partial charge in [0.05, 0.1) is 0 Å². The molecule has 0 atom stereocenters. The molecule has 17 heavy (non-hydrogen) atoms. The van der Waals surface area contributed by atoms with Crippen LogP contribution in [-0.2, 0) is 13.1 Å². The van der Waals surface area contributed by atoms with Crippen LogP contribution in [0.2, 0.25) is 5.15 Å². The van der Waals surface area contributed by atoms with Gasteiger partial charge in [0, 0.05) is 19.2 Å². The molecule has 1 heterocycles. The molecule has 1 aromatic heterocycles. The third kappa shape index (κ3) is 3.46. The van der Waals surface area contributed by atoms with Gasteiger partial charge in [-0.1, -0.05) is 38.3 Å². The van der Waals surface area contributed by atoms with E-state index in [9.17, 15) is 9.59 Å². The van der Waals surface area contributed by atoms with Crippen LogP contribution in [0.4, 0.5) is 0 Å². The minimum absolute atomic E-state index is 0.237. The summed E-state index contributed by atoms with van der Waals surface area (Å²) in [5.41, 5.74) is -0.592. The van der Waals surface area contributed by atoms with E-state index in [-0.39, 0.29) is 16.4 Å². The Bertz CT molecular complexity index is 476. The van der Waals surface area contributed by atoms with Gasteiger partial charge in [-0.2, -0.15) is 0 Å². The maximum Gasteiger partial charge on any atom is 0.332 e. The number of hydrogen-bond acceptors (Lipinski definition) is 2. The molecular weight excluding hydrogens is 240 g/mol. The Morgan fingerprint density at radius 1 is 1.06 bits per heavy atom. The van der Waals surface area contributed by atoms with Gasteiger partial charge in [-0.3, -0.25) is 13.9 Å². The van der Waals surface area contributed by atoms with Gasteiger partial charge in [0.2, 0.25) is 0 Å². The van der Waals surface area contributed by atoms with Crippen molar-refractivity contribution in [2.75, 3.05) is 0 Å². The second-order valence-electron chi connectivity index (χ2n) is 4.10. The maximum atomic E-state index is 12.1. The van der Waals surface area contributed by atoms with Crippen LogP contribution in [0.15, 0.2) is 15.7 Å².